The lowest BCUT2D eigenvalue weighted by atomic mass is 9.87. The van der Waals surface area contributed by atoms with Crippen LogP contribution in [0.25, 0.3) is 101 Å². The van der Waals surface area contributed by atoms with Gasteiger partial charge in [-0.1, -0.05) is 170 Å². The average molecular weight is 687 g/mol. The zero-order chi connectivity index (χ0) is 36.0. The molecule has 0 bridgehead atoms. The minimum atomic E-state index is 0.625. The number of nitriles is 1. The second-order valence-corrected chi connectivity index (χ2v) is 13.5. The highest BCUT2D eigenvalue weighted by molar-refractivity contribution is 6.22. The summed E-state index contributed by atoms with van der Waals surface area (Å²) in [4.78, 5) is 14.8. The molecule has 54 heavy (non-hydrogen) atoms. The van der Waals surface area contributed by atoms with Gasteiger partial charge in [0, 0.05) is 22.3 Å². The Balaban J connectivity index is 1.08. The summed E-state index contributed by atoms with van der Waals surface area (Å²) in [6.45, 7) is 0. The summed E-state index contributed by atoms with van der Waals surface area (Å²) >= 11 is 0. The van der Waals surface area contributed by atoms with Crippen LogP contribution >= 0.6 is 0 Å². The highest BCUT2D eigenvalue weighted by atomic mass is 15.0. The highest BCUT2D eigenvalue weighted by Crippen LogP contribution is 2.52. The molecule has 1 aromatic heterocycles. The van der Waals surface area contributed by atoms with E-state index in [9.17, 15) is 5.26 Å². The molecule has 1 aliphatic carbocycles. The van der Waals surface area contributed by atoms with Crippen LogP contribution in [-0.4, -0.2) is 15.0 Å². The first-order chi connectivity index (χ1) is 26.7. The molecule has 0 amide bonds. The molecule has 10 rings (SSSR count). The van der Waals surface area contributed by atoms with Crippen LogP contribution in [0.2, 0.25) is 0 Å². The van der Waals surface area contributed by atoms with Crippen LogP contribution in [0.15, 0.2) is 182 Å². The lowest BCUT2D eigenvalue weighted by Gasteiger charge is -2.16. The fourth-order valence-electron chi connectivity index (χ4n) is 7.80. The monoisotopic (exact) mass is 686 g/mol. The maximum atomic E-state index is 10.1. The Morgan fingerprint density at radius 1 is 0.296 bits per heavy atom. The molecule has 0 radical (unpaired) electrons. The number of rotatable bonds is 6. The molecular formula is C50H30N4. The fraction of sp³-hybridized carbons (Fsp3) is 0. The van der Waals surface area contributed by atoms with Crippen LogP contribution in [0.1, 0.15) is 5.56 Å². The van der Waals surface area contributed by atoms with Gasteiger partial charge in [0.1, 0.15) is 0 Å². The Hall–Kier alpha value is -7.48. The lowest BCUT2D eigenvalue weighted by molar-refractivity contribution is 1.07. The molecule has 4 nitrogen and oxygen atoms in total. The van der Waals surface area contributed by atoms with Crippen LogP contribution in [-0.2, 0) is 0 Å². The summed E-state index contributed by atoms with van der Waals surface area (Å²) < 4.78 is 0. The Bertz CT molecular complexity index is 2840. The van der Waals surface area contributed by atoms with Crippen molar-refractivity contribution in [3.05, 3.63) is 188 Å². The molecule has 0 atom stereocenters. The molecular weight excluding hydrogens is 657 g/mol. The fourth-order valence-corrected chi connectivity index (χ4v) is 7.80. The average Bonchev–Trinajstić information content (AvgIpc) is 3.59. The molecule has 250 valence electrons. The minimum absolute atomic E-state index is 0.625. The summed E-state index contributed by atoms with van der Waals surface area (Å²) in [5.74, 6) is 1.90. The van der Waals surface area contributed by atoms with Crippen LogP contribution in [0, 0.1) is 11.3 Å². The van der Waals surface area contributed by atoms with Gasteiger partial charge in [-0.2, -0.15) is 5.26 Å². The standard InChI is InChI=1S/C50H30N4/c51-31-38-16-7-8-19-39(38)43-28-29-45-42-21-10-9-20-41(42)44-27-26-40(46(43)47(44)45)33-24-22-32(23-25-33)36-17-11-18-37(30-36)50-53-48(34-12-3-1-4-13-34)52-49(54-50)35-14-5-2-6-15-35/h1-30H. The Kier molecular flexibility index (Phi) is 7.49. The maximum Gasteiger partial charge on any atom is 0.164 e. The first-order valence-electron chi connectivity index (χ1n) is 18.0. The van der Waals surface area contributed by atoms with Gasteiger partial charge < -0.3 is 0 Å². The smallest absolute Gasteiger partial charge is 0.164 e. The molecule has 8 aromatic carbocycles. The van der Waals surface area contributed by atoms with Crippen molar-refractivity contribution in [1.29, 1.82) is 5.26 Å². The minimum Gasteiger partial charge on any atom is -0.208 e. The second kappa shape index (κ2) is 12.9. The van der Waals surface area contributed by atoms with Gasteiger partial charge in [-0.15, -0.1) is 0 Å². The number of hydrogen-bond donors (Lipinski definition) is 0. The summed E-state index contributed by atoms with van der Waals surface area (Å²) in [7, 11) is 0. The normalized spacial score (nSPS) is 11.3. The molecule has 0 aliphatic heterocycles. The molecule has 0 saturated carbocycles. The Morgan fingerprint density at radius 2 is 0.722 bits per heavy atom. The van der Waals surface area contributed by atoms with Gasteiger partial charge in [0.15, 0.2) is 17.5 Å². The molecule has 0 saturated heterocycles. The first-order valence-corrected chi connectivity index (χ1v) is 18.0. The van der Waals surface area contributed by atoms with E-state index in [0.29, 0.717) is 23.0 Å². The predicted octanol–water partition coefficient (Wildman–Crippen LogP) is 12.5. The highest BCUT2D eigenvalue weighted by Gasteiger charge is 2.25. The molecule has 1 aliphatic rings. The van der Waals surface area contributed by atoms with Gasteiger partial charge in [0.25, 0.3) is 0 Å². The Morgan fingerprint density at radius 3 is 1.31 bits per heavy atom. The van der Waals surface area contributed by atoms with Gasteiger partial charge in [0.05, 0.1) is 11.6 Å². The first kappa shape index (κ1) is 31.3. The molecule has 4 heteroatoms. The number of benzene rings is 8. The van der Waals surface area contributed by atoms with Gasteiger partial charge in [-0.05, 0) is 73.0 Å². The maximum absolute atomic E-state index is 10.1. The van der Waals surface area contributed by atoms with Crippen molar-refractivity contribution in [3.8, 4) is 95.9 Å². The summed E-state index contributed by atoms with van der Waals surface area (Å²) in [5, 5.41) is 12.5. The van der Waals surface area contributed by atoms with Crippen LogP contribution < -0.4 is 0 Å². The van der Waals surface area contributed by atoms with Crippen molar-refractivity contribution < 1.29 is 0 Å². The third-order valence-electron chi connectivity index (χ3n) is 10.4. The number of fused-ring (bicyclic) bond motifs is 3. The second-order valence-electron chi connectivity index (χ2n) is 13.5. The summed E-state index contributed by atoms with van der Waals surface area (Å²) in [5.41, 5.74) is 14.8. The van der Waals surface area contributed by atoms with Crippen molar-refractivity contribution in [3.63, 3.8) is 0 Å². The predicted molar refractivity (Wildman–Crippen MR) is 219 cm³/mol. The van der Waals surface area contributed by atoms with Crippen LogP contribution in [0.4, 0.5) is 0 Å². The third kappa shape index (κ3) is 5.27. The van der Waals surface area contributed by atoms with E-state index in [1.807, 2.05) is 78.9 Å². The molecule has 0 unspecified atom stereocenters. The van der Waals surface area contributed by atoms with E-state index in [2.05, 4.69) is 109 Å². The number of nitrogens with zero attached hydrogens (tertiary/aromatic N) is 4. The van der Waals surface area contributed by atoms with E-state index in [1.54, 1.807) is 0 Å². The molecule has 1 heterocycles. The Labute approximate surface area is 313 Å². The largest absolute Gasteiger partial charge is 0.208 e. The quantitative estimate of drug-likeness (QED) is 0.175. The van der Waals surface area contributed by atoms with E-state index in [4.69, 9.17) is 15.0 Å². The topological polar surface area (TPSA) is 62.5 Å². The van der Waals surface area contributed by atoms with Crippen molar-refractivity contribution in [1.82, 2.24) is 15.0 Å². The molecule has 9 aromatic rings. The van der Waals surface area contributed by atoms with Crippen LogP contribution in [0.3, 0.4) is 0 Å². The van der Waals surface area contributed by atoms with Gasteiger partial charge >= 0.3 is 0 Å². The molecule has 0 fully saturated rings. The molecule has 0 N–H and O–H groups in total. The van der Waals surface area contributed by atoms with Gasteiger partial charge in [-0.3, -0.25) is 0 Å². The summed E-state index contributed by atoms with van der Waals surface area (Å²) in [6, 6.07) is 65.2. The van der Waals surface area contributed by atoms with Crippen molar-refractivity contribution >= 4 is 10.8 Å². The zero-order valence-corrected chi connectivity index (χ0v) is 29.1. The van der Waals surface area contributed by atoms with Crippen molar-refractivity contribution in [2.75, 3.05) is 0 Å². The lowest BCUT2D eigenvalue weighted by Crippen LogP contribution is -2.00. The van der Waals surface area contributed by atoms with E-state index in [0.717, 1.165) is 55.5 Å². The zero-order valence-electron chi connectivity index (χ0n) is 29.1. The van der Waals surface area contributed by atoms with Crippen molar-refractivity contribution in [2.45, 2.75) is 0 Å². The van der Waals surface area contributed by atoms with Crippen molar-refractivity contribution in [2.24, 2.45) is 0 Å². The summed E-state index contributed by atoms with van der Waals surface area (Å²) in [6.07, 6.45) is 0. The van der Waals surface area contributed by atoms with E-state index in [-0.39, 0.29) is 0 Å². The van der Waals surface area contributed by atoms with Gasteiger partial charge in [0.2, 0.25) is 0 Å². The number of hydrogen-bond acceptors (Lipinski definition) is 4. The SMILES string of the molecule is N#Cc1ccccc1-c1ccc2c3c(ccc(-c4ccc(-c5cccc(-c6nc(-c7ccccc7)nc(-c7ccccc7)n6)c5)cc4)c13)-c1ccccc1-2. The third-order valence-corrected chi connectivity index (χ3v) is 10.4. The van der Waals surface area contributed by atoms with E-state index < -0.39 is 0 Å². The van der Waals surface area contributed by atoms with E-state index in [1.165, 1.54) is 27.6 Å². The number of aromatic nitrogens is 3. The van der Waals surface area contributed by atoms with Gasteiger partial charge in [-0.25, -0.2) is 15.0 Å². The van der Waals surface area contributed by atoms with Crippen LogP contribution in [0.5, 0.6) is 0 Å². The molecule has 0 spiro atoms. The van der Waals surface area contributed by atoms with E-state index >= 15 is 0 Å².